The fourth-order valence-electron chi connectivity index (χ4n) is 1.37. The van der Waals surface area contributed by atoms with E-state index >= 15 is 0 Å². The molecule has 0 aliphatic heterocycles. The van der Waals surface area contributed by atoms with Crippen molar-refractivity contribution in [2.24, 2.45) is 0 Å². The molecule has 0 fully saturated rings. The Labute approximate surface area is 119 Å². The molecular formula is C15H11FO3S. The summed E-state index contributed by atoms with van der Waals surface area (Å²) in [6.07, 6.45) is 0. The van der Waals surface area contributed by atoms with E-state index in [4.69, 9.17) is 9.84 Å². The Morgan fingerprint density at radius 1 is 1.10 bits per heavy atom. The van der Waals surface area contributed by atoms with Crippen molar-refractivity contribution in [1.82, 2.24) is 0 Å². The number of hydrogen-bond acceptors (Lipinski definition) is 3. The normalized spacial score (nSPS) is 11.2. The van der Waals surface area contributed by atoms with E-state index in [1.807, 2.05) is 6.07 Å². The molecule has 1 N–H and O–H groups in total. The van der Waals surface area contributed by atoms with Crippen LogP contribution in [0.5, 0.6) is 5.75 Å². The molecule has 2 rings (SSSR count). The van der Waals surface area contributed by atoms with Crippen molar-refractivity contribution in [2.45, 2.75) is 4.90 Å². The Kier molecular flexibility index (Phi) is 4.79. The van der Waals surface area contributed by atoms with Gasteiger partial charge in [0.25, 0.3) is 0 Å². The summed E-state index contributed by atoms with van der Waals surface area (Å²) in [4.78, 5) is 11.8. The highest BCUT2D eigenvalue weighted by Crippen LogP contribution is 2.22. The predicted octanol–water partition coefficient (Wildman–Crippen LogP) is 3.92. The average Bonchev–Trinajstić information content (AvgIpc) is 2.46. The van der Waals surface area contributed by atoms with Crippen molar-refractivity contribution < 1.29 is 19.0 Å². The van der Waals surface area contributed by atoms with Gasteiger partial charge in [-0.15, -0.1) is 0 Å². The van der Waals surface area contributed by atoms with Gasteiger partial charge in [0.15, 0.2) is 0 Å². The molecule has 0 spiro atoms. The number of ether oxygens (including phenoxy) is 1. The van der Waals surface area contributed by atoms with Gasteiger partial charge in [-0.3, -0.25) is 0 Å². The van der Waals surface area contributed by atoms with Crippen LogP contribution in [0.15, 0.2) is 70.7 Å². The molecule has 0 amide bonds. The molecule has 20 heavy (non-hydrogen) atoms. The highest BCUT2D eigenvalue weighted by atomic mass is 32.2. The largest absolute Gasteiger partial charge is 0.475 e. The third-order valence-electron chi connectivity index (χ3n) is 2.30. The Balaban J connectivity index is 2.10. The minimum absolute atomic E-state index is 0.189. The first kappa shape index (κ1) is 14.1. The van der Waals surface area contributed by atoms with Crippen molar-refractivity contribution in [1.29, 1.82) is 0 Å². The summed E-state index contributed by atoms with van der Waals surface area (Å²) < 4.78 is 18.0. The monoisotopic (exact) mass is 290 g/mol. The second-order valence-electron chi connectivity index (χ2n) is 3.77. The van der Waals surface area contributed by atoms with E-state index in [1.54, 1.807) is 36.4 Å². The average molecular weight is 290 g/mol. The SMILES string of the molecule is O=C(O)/C(=C/Sc1ccc(F)cc1)Oc1ccccc1. The molecule has 0 saturated heterocycles. The molecule has 2 aromatic carbocycles. The van der Waals surface area contributed by atoms with E-state index in [9.17, 15) is 9.18 Å². The molecule has 102 valence electrons. The van der Waals surface area contributed by atoms with Gasteiger partial charge in [0, 0.05) is 10.3 Å². The van der Waals surface area contributed by atoms with E-state index in [1.165, 1.54) is 17.5 Å². The van der Waals surface area contributed by atoms with Crippen LogP contribution in [0.1, 0.15) is 0 Å². The first-order valence-electron chi connectivity index (χ1n) is 5.74. The minimum atomic E-state index is -1.16. The molecule has 0 bridgehead atoms. The summed E-state index contributed by atoms with van der Waals surface area (Å²) in [6, 6.07) is 14.4. The third-order valence-corrected chi connectivity index (χ3v) is 3.17. The maximum Gasteiger partial charge on any atom is 0.372 e. The Hall–Kier alpha value is -2.27. The molecule has 0 saturated carbocycles. The van der Waals surface area contributed by atoms with Crippen molar-refractivity contribution in [2.75, 3.05) is 0 Å². The summed E-state index contributed by atoms with van der Waals surface area (Å²) >= 11 is 1.15. The number of carbonyl (C=O) groups is 1. The quantitative estimate of drug-likeness (QED) is 0.515. The van der Waals surface area contributed by atoms with Gasteiger partial charge in [0.1, 0.15) is 11.6 Å². The second-order valence-corrected chi connectivity index (χ2v) is 4.72. The van der Waals surface area contributed by atoms with Crippen LogP contribution >= 0.6 is 11.8 Å². The maximum absolute atomic E-state index is 12.8. The second kappa shape index (κ2) is 6.77. The molecular weight excluding hydrogens is 279 g/mol. The summed E-state index contributed by atoms with van der Waals surface area (Å²) in [5, 5.41) is 10.5. The highest BCUT2D eigenvalue weighted by Gasteiger charge is 2.10. The van der Waals surface area contributed by atoms with E-state index in [0.29, 0.717) is 5.75 Å². The molecule has 0 unspecified atom stereocenters. The van der Waals surface area contributed by atoms with Crippen LogP contribution in [0, 0.1) is 5.82 Å². The number of carboxylic acid groups (broad SMARTS) is 1. The molecule has 0 aliphatic rings. The number of carboxylic acids is 1. The topological polar surface area (TPSA) is 46.5 Å². The Morgan fingerprint density at radius 2 is 1.75 bits per heavy atom. The summed E-state index contributed by atoms with van der Waals surface area (Å²) in [6.45, 7) is 0. The molecule has 0 heterocycles. The third kappa shape index (κ3) is 4.13. The summed E-state index contributed by atoms with van der Waals surface area (Å²) in [5.74, 6) is -1.24. The van der Waals surface area contributed by atoms with Gasteiger partial charge in [-0.05, 0) is 36.4 Å². The lowest BCUT2D eigenvalue weighted by Gasteiger charge is -2.05. The van der Waals surface area contributed by atoms with E-state index in [2.05, 4.69) is 0 Å². The number of rotatable bonds is 5. The lowest BCUT2D eigenvalue weighted by molar-refractivity contribution is -0.135. The smallest absolute Gasteiger partial charge is 0.372 e. The molecule has 0 aliphatic carbocycles. The molecule has 0 radical (unpaired) electrons. The number of aliphatic carboxylic acids is 1. The van der Waals surface area contributed by atoms with Gasteiger partial charge >= 0.3 is 5.97 Å². The molecule has 5 heteroatoms. The number of para-hydroxylation sites is 1. The van der Waals surface area contributed by atoms with Crippen LogP contribution < -0.4 is 4.74 Å². The van der Waals surface area contributed by atoms with Crippen LogP contribution in [0.2, 0.25) is 0 Å². The fourth-order valence-corrected chi connectivity index (χ4v) is 2.05. The van der Waals surface area contributed by atoms with Gasteiger partial charge in [0.05, 0.1) is 0 Å². The van der Waals surface area contributed by atoms with Crippen LogP contribution in [0.3, 0.4) is 0 Å². The van der Waals surface area contributed by atoms with Gasteiger partial charge in [0.2, 0.25) is 5.76 Å². The van der Waals surface area contributed by atoms with E-state index < -0.39 is 5.97 Å². The van der Waals surface area contributed by atoms with Crippen LogP contribution in [-0.4, -0.2) is 11.1 Å². The highest BCUT2D eigenvalue weighted by molar-refractivity contribution is 8.02. The lowest BCUT2D eigenvalue weighted by Crippen LogP contribution is -2.07. The zero-order valence-corrected chi connectivity index (χ0v) is 11.1. The number of halogens is 1. The van der Waals surface area contributed by atoms with Crippen molar-refractivity contribution in [3.05, 3.63) is 71.6 Å². The molecule has 3 nitrogen and oxygen atoms in total. The van der Waals surface area contributed by atoms with E-state index in [0.717, 1.165) is 16.7 Å². The summed E-state index contributed by atoms with van der Waals surface area (Å²) in [5.41, 5.74) is 0. The Bertz CT molecular complexity index is 609. The van der Waals surface area contributed by atoms with Gasteiger partial charge in [-0.25, -0.2) is 9.18 Å². The number of benzene rings is 2. The van der Waals surface area contributed by atoms with Crippen molar-refractivity contribution in [3.63, 3.8) is 0 Å². The van der Waals surface area contributed by atoms with Crippen LogP contribution in [-0.2, 0) is 4.79 Å². The standard InChI is InChI=1S/C15H11FO3S/c16-11-6-8-13(9-7-11)20-10-14(15(17)18)19-12-4-2-1-3-5-12/h1-10H,(H,17,18)/b14-10-. The van der Waals surface area contributed by atoms with Crippen LogP contribution in [0.4, 0.5) is 4.39 Å². The van der Waals surface area contributed by atoms with Gasteiger partial charge < -0.3 is 9.84 Å². The number of hydrogen-bond donors (Lipinski definition) is 1. The summed E-state index contributed by atoms with van der Waals surface area (Å²) in [7, 11) is 0. The van der Waals surface area contributed by atoms with Crippen molar-refractivity contribution >= 4 is 17.7 Å². The fraction of sp³-hybridized carbons (Fsp3) is 0. The first-order chi connectivity index (χ1) is 9.65. The van der Waals surface area contributed by atoms with Gasteiger partial charge in [-0.2, -0.15) is 0 Å². The zero-order chi connectivity index (χ0) is 14.4. The van der Waals surface area contributed by atoms with Crippen molar-refractivity contribution in [3.8, 4) is 5.75 Å². The van der Waals surface area contributed by atoms with Gasteiger partial charge in [-0.1, -0.05) is 30.0 Å². The lowest BCUT2D eigenvalue weighted by atomic mass is 10.3. The molecule has 0 atom stereocenters. The number of thioether (sulfide) groups is 1. The zero-order valence-electron chi connectivity index (χ0n) is 10.3. The minimum Gasteiger partial charge on any atom is -0.475 e. The first-order valence-corrected chi connectivity index (χ1v) is 6.62. The predicted molar refractivity (Wildman–Crippen MR) is 75.0 cm³/mol. The maximum atomic E-state index is 12.8. The molecule has 0 aromatic heterocycles. The Morgan fingerprint density at radius 3 is 2.35 bits per heavy atom. The van der Waals surface area contributed by atoms with E-state index in [-0.39, 0.29) is 11.6 Å². The van der Waals surface area contributed by atoms with Crippen LogP contribution in [0.25, 0.3) is 0 Å². The molecule has 2 aromatic rings.